The zero-order valence-electron chi connectivity index (χ0n) is 47.9. The minimum Gasteiger partial charge on any atom is -0.351 e. The fourth-order valence-electron chi connectivity index (χ4n) is 13.3. The maximum atomic E-state index is 14.9. The molecule has 4 aliphatic carbocycles. The molecule has 436 valence electrons. The molecule has 2 aromatic rings. The highest BCUT2D eigenvalue weighted by atomic mass is 35.5. The van der Waals surface area contributed by atoms with Gasteiger partial charge in [-0.3, -0.25) is 38.4 Å². The number of fused-ring (bicyclic) bond motifs is 4. The lowest BCUT2D eigenvalue weighted by atomic mass is 9.78. The maximum absolute atomic E-state index is 14.9. The van der Waals surface area contributed by atoms with Crippen molar-refractivity contribution in [2.45, 2.75) is 186 Å². The predicted octanol–water partition coefficient (Wildman–Crippen LogP) is 4.33. The molecule has 20 heteroatoms. The van der Waals surface area contributed by atoms with Gasteiger partial charge < -0.3 is 52.3 Å². The third kappa shape index (κ3) is 13.9. The Bertz CT molecular complexity index is 2400. The summed E-state index contributed by atoms with van der Waals surface area (Å²) in [4.78, 5) is 118. The third-order valence-corrected chi connectivity index (χ3v) is 17.8. The second-order valence-electron chi connectivity index (χ2n) is 25.2. The average molecular weight is 1140 g/mol. The molecule has 18 nitrogen and oxygen atoms in total. The van der Waals surface area contributed by atoms with Gasteiger partial charge in [0.15, 0.2) is 0 Å². The number of hydrogen-bond acceptors (Lipinski definition) is 10. The molecule has 2 saturated carbocycles. The van der Waals surface area contributed by atoms with Gasteiger partial charge in [-0.05, 0) is 143 Å². The van der Waals surface area contributed by atoms with Gasteiger partial charge in [-0.2, -0.15) is 0 Å². The standard InChI is InChI=1S/C59H86N10O8.2ClH/c1-32(60-9)50(70)66-48(58(3,4)5)56(76)68-30-38(28-44(68)52(72)64-42-23-15-19-34-17-11-13-21-40(34)42)62-54(74)46-36-25-26-37(27-36)47(46)55(75)63-39-29-45(53(73)65-43-24-16-20-35-18-12-14-22-41(35)43)69(31-39)57(77)49(59(6,7)8)67-51(71)33(2)61-10;;/h11-14,17-18,21-22,32-33,36-39,42-49,60-61H,15-16,19-20,23-31H2,1-10H3,(H,62,74)(H,63,75)(H,64,72)(H,65,73)(H,66,70)(H,67,71);2*1H/t32-,33-,36-,37+,38-,39-,42+,43+,44-,45-,46-,47+,48+,49+;;/m0../s1. The van der Waals surface area contributed by atoms with E-state index in [4.69, 9.17) is 0 Å². The van der Waals surface area contributed by atoms with Crippen molar-refractivity contribution >= 4 is 72.1 Å². The van der Waals surface area contributed by atoms with Crippen LogP contribution in [0.3, 0.4) is 0 Å². The molecule has 8 N–H and O–H groups in total. The molecule has 0 spiro atoms. The van der Waals surface area contributed by atoms with Crippen LogP contribution in [0.5, 0.6) is 0 Å². The number of nitrogens with zero attached hydrogens (tertiary/aromatic N) is 2. The molecule has 4 fully saturated rings. The highest BCUT2D eigenvalue weighted by Crippen LogP contribution is 2.53. The first-order valence-corrected chi connectivity index (χ1v) is 28.4. The van der Waals surface area contributed by atoms with Crippen molar-refractivity contribution in [1.29, 1.82) is 0 Å². The van der Waals surface area contributed by atoms with Crippen molar-refractivity contribution in [2.24, 2.45) is 34.5 Å². The van der Waals surface area contributed by atoms with Crippen LogP contribution in [0.1, 0.15) is 148 Å². The van der Waals surface area contributed by atoms with Crippen molar-refractivity contribution in [2.75, 3.05) is 27.2 Å². The first-order chi connectivity index (χ1) is 36.5. The number of hydrogen-bond donors (Lipinski definition) is 8. The smallest absolute Gasteiger partial charge is 0.246 e. The van der Waals surface area contributed by atoms with Crippen molar-refractivity contribution in [3.05, 3.63) is 70.8 Å². The fourth-order valence-corrected chi connectivity index (χ4v) is 13.3. The zero-order chi connectivity index (χ0) is 55.7. The molecule has 0 radical (unpaired) electrons. The van der Waals surface area contributed by atoms with Crippen LogP contribution in [0.25, 0.3) is 0 Å². The van der Waals surface area contributed by atoms with E-state index in [0.29, 0.717) is 6.42 Å². The lowest BCUT2D eigenvalue weighted by Gasteiger charge is -2.36. The van der Waals surface area contributed by atoms with E-state index in [9.17, 15) is 38.4 Å². The van der Waals surface area contributed by atoms with Crippen molar-refractivity contribution in [1.82, 2.24) is 52.3 Å². The molecule has 2 aromatic carbocycles. The molecule has 2 bridgehead atoms. The monoisotopic (exact) mass is 1130 g/mol. The second-order valence-corrected chi connectivity index (χ2v) is 25.2. The Morgan fingerprint density at radius 3 is 1.23 bits per heavy atom. The molecule has 14 atom stereocenters. The molecule has 6 aliphatic rings. The normalized spacial score (nSPS) is 27.5. The topological polar surface area (TPSA) is 239 Å². The van der Waals surface area contributed by atoms with Gasteiger partial charge >= 0.3 is 0 Å². The number of carbonyl (C=O) groups is 8. The SMILES string of the molecule is CN[C@@H](C)C(=O)N[C@H](C(=O)N1C[C@@H](NC(=O)[C@@H]2[C@@H]3CC[C@@H](C3)[C@@H]2C(=O)N[C@H]2C[C@@H](C(=O)N[C@@H]3CCCc4ccccc43)N(C(=O)[C@@H](NC(=O)[C@H](C)NC)C(C)(C)C)C2)C[C@H]1C(=O)N[C@@H]1CCCc2ccccc21)C(C)(C)C.Cl.Cl. The molecule has 2 aliphatic heterocycles. The third-order valence-electron chi connectivity index (χ3n) is 17.8. The first-order valence-electron chi connectivity index (χ1n) is 28.4. The number of rotatable bonds is 16. The van der Waals surface area contributed by atoms with E-state index >= 15 is 0 Å². The van der Waals surface area contributed by atoms with Gasteiger partial charge in [-0.15, -0.1) is 24.8 Å². The minimum absolute atomic E-state index is 0. The van der Waals surface area contributed by atoms with E-state index in [1.807, 2.05) is 77.9 Å². The molecular weight excluding hydrogens is 1050 g/mol. The Kier molecular flexibility index (Phi) is 20.8. The summed E-state index contributed by atoms with van der Waals surface area (Å²) in [7, 11) is 3.33. The van der Waals surface area contributed by atoms with Gasteiger partial charge in [0.25, 0.3) is 0 Å². The highest BCUT2D eigenvalue weighted by molar-refractivity contribution is 5.96. The quantitative estimate of drug-likeness (QED) is 0.118. The molecule has 2 saturated heterocycles. The average Bonchev–Trinajstić information content (AvgIpc) is 4.45. The van der Waals surface area contributed by atoms with Gasteiger partial charge in [-0.25, -0.2) is 0 Å². The summed E-state index contributed by atoms with van der Waals surface area (Å²) in [5.41, 5.74) is 2.97. The summed E-state index contributed by atoms with van der Waals surface area (Å²) in [6.07, 6.45) is 7.61. The summed E-state index contributed by atoms with van der Waals surface area (Å²) >= 11 is 0. The van der Waals surface area contributed by atoms with Gasteiger partial charge in [-0.1, -0.05) is 90.1 Å². The van der Waals surface area contributed by atoms with E-state index in [1.54, 1.807) is 27.9 Å². The number of carbonyl (C=O) groups excluding carboxylic acids is 8. The number of amides is 8. The molecule has 0 unspecified atom stereocenters. The number of halogens is 2. The number of benzene rings is 2. The van der Waals surface area contributed by atoms with Crippen LogP contribution in [0, 0.1) is 34.5 Å². The van der Waals surface area contributed by atoms with Crippen LogP contribution < -0.4 is 42.5 Å². The van der Waals surface area contributed by atoms with Crippen LogP contribution in [0.4, 0.5) is 0 Å². The predicted molar refractivity (Wildman–Crippen MR) is 307 cm³/mol. The van der Waals surface area contributed by atoms with Crippen molar-refractivity contribution in [3.8, 4) is 0 Å². The van der Waals surface area contributed by atoms with E-state index in [0.717, 1.165) is 62.5 Å². The molecule has 0 aromatic heterocycles. The summed E-state index contributed by atoms with van der Waals surface area (Å²) < 4.78 is 0. The fraction of sp³-hybridized carbons (Fsp3) is 0.661. The summed E-state index contributed by atoms with van der Waals surface area (Å²) in [5.74, 6) is -4.35. The number of likely N-dealkylation sites (tertiary alicyclic amines) is 2. The van der Waals surface area contributed by atoms with E-state index < -0.39 is 82.8 Å². The number of likely N-dealkylation sites (N-methyl/N-ethyl adjacent to an activating group) is 2. The highest BCUT2D eigenvalue weighted by Gasteiger charge is 2.56. The lowest BCUT2D eigenvalue weighted by molar-refractivity contribution is -0.144. The van der Waals surface area contributed by atoms with Gasteiger partial charge in [0.2, 0.25) is 47.3 Å². The molecular formula is C59H88Cl2N10O8. The second kappa shape index (κ2) is 26.1. The van der Waals surface area contributed by atoms with Crippen LogP contribution in [-0.4, -0.2) is 133 Å². The Hall–Kier alpha value is -5.30. The number of aryl methyl sites for hydroxylation is 2. The van der Waals surface area contributed by atoms with Crippen LogP contribution in [0.2, 0.25) is 0 Å². The van der Waals surface area contributed by atoms with Crippen molar-refractivity contribution < 1.29 is 38.4 Å². The molecule has 79 heavy (non-hydrogen) atoms. The van der Waals surface area contributed by atoms with E-state index in [1.165, 1.54) is 20.9 Å². The molecule has 8 amide bonds. The van der Waals surface area contributed by atoms with Gasteiger partial charge in [0.05, 0.1) is 36.0 Å². The Morgan fingerprint density at radius 1 is 0.506 bits per heavy atom. The molecule has 8 rings (SSSR count). The zero-order valence-corrected chi connectivity index (χ0v) is 49.5. The van der Waals surface area contributed by atoms with E-state index in [2.05, 4.69) is 54.7 Å². The number of nitrogens with one attached hydrogen (secondary N) is 8. The van der Waals surface area contributed by atoms with Crippen LogP contribution >= 0.6 is 24.8 Å². The Morgan fingerprint density at radius 2 is 0.873 bits per heavy atom. The minimum atomic E-state index is -0.985. The first kappa shape index (κ1) is 62.9. The Labute approximate surface area is 479 Å². The summed E-state index contributed by atoms with van der Waals surface area (Å²) in [6.45, 7) is 14.7. The van der Waals surface area contributed by atoms with Crippen molar-refractivity contribution in [3.63, 3.8) is 0 Å². The lowest BCUT2D eigenvalue weighted by Crippen LogP contribution is -2.59. The van der Waals surface area contributed by atoms with Gasteiger partial charge in [0.1, 0.15) is 24.2 Å². The maximum Gasteiger partial charge on any atom is 0.246 e. The molecule has 2 heterocycles. The largest absolute Gasteiger partial charge is 0.351 e. The summed E-state index contributed by atoms with van der Waals surface area (Å²) in [5, 5.41) is 24.7. The van der Waals surface area contributed by atoms with Gasteiger partial charge in [0, 0.05) is 25.2 Å². The van der Waals surface area contributed by atoms with Crippen LogP contribution in [-0.2, 0) is 51.2 Å². The van der Waals surface area contributed by atoms with E-state index in [-0.39, 0.29) is 110 Å². The summed E-state index contributed by atoms with van der Waals surface area (Å²) in [6, 6.07) is 9.32. The Balaban J connectivity index is 0.00000504. The van der Waals surface area contributed by atoms with Crippen LogP contribution in [0.15, 0.2) is 48.5 Å².